The zero-order valence-corrected chi connectivity index (χ0v) is 25.1. The molecule has 3 N–H and O–H groups in total. The highest BCUT2D eigenvalue weighted by atomic mass is 35.5. The molecule has 46 heavy (non-hydrogen) atoms. The Bertz CT molecular complexity index is 1850. The van der Waals surface area contributed by atoms with Gasteiger partial charge in [-0.25, -0.2) is 26.4 Å². The molecule has 2 aromatic heterocycles. The van der Waals surface area contributed by atoms with Gasteiger partial charge in [0.1, 0.15) is 11.5 Å². The molecule has 4 rings (SSSR count). The zero-order chi connectivity index (χ0) is 33.8. The number of carbonyl (C=O) groups excluding carboxylic acids is 2. The SMILES string of the molecule is C.CS(=O)(=O)Nc1cn[nH]c1.CS(=O)(=O)Nc1cnn(C(=O)Oc2ccc([N+](=O)[O-])cc2)c1.O=C(Cl)Oc1ccc([N+](=O)[O-])cc1. The third-order valence-corrected chi connectivity index (χ3v) is 5.66. The van der Waals surface area contributed by atoms with Crippen molar-refractivity contribution >= 4 is 65.9 Å². The molecule has 0 aliphatic carbocycles. The van der Waals surface area contributed by atoms with Gasteiger partial charge in [-0.15, -0.1) is 0 Å². The molecule has 248 valence electrons. The van der Waals surface area contributed by atoms with Crippen molar-refractivity contribution in [1.82, 2.24) is 20.0 Å². The van der Waals surface area contributed by atoms with E-state index in [1.807, 2.05) is 0 Å². The number of benzene rings is 2. The van der Waals surface area contributed by atoms with Crippen molar-refractivity contribution in [3.63, 3.8) is 0 Å². The van der Waals surface area contributed by atoms with Crippen LogP contribution in [-0.2, 0) is 20.0 Å². The van der Waals surface area contributed by atoms with Crippen molar-refractivity contribution in [3.8, 4) is 11.5 Å². The fourth-order valence-electron chi connectivity index (χ4n) is 2.72. The minimum Gasteiger partial charge on any atom is -0.414 e. The first-order chi connectivity index (χ1) is 20.9. The molecule has 2 aromatic carbocycles. The number of non-ortho nitro benzene ring substituents is 2. The maximum absolute atomic E-state index is 11.8. The first kappa shape index (κ1) is 38.4. The summed E-state index contributed by atoms with van der Waals surface area (Å²) in [6.45, 7) is 0. The third kappa shape index (κ3) is 14.7. The van der Waals surface area contributed by atoms with E-state index in [0.29, 0.717) is 5.69 Å². The molecule has 23 heteroatoms. The van der Waals surface area contributed by atoms with Gasteiger partial charge in [0.15, 0.2) is 0 Å². The monoisotopic (exact) mass is 704 g/mol. The number of ether oxygens (including phenoxy) is 2. The second kappa shape index (κ2) is 17.0. The lowest BCUT2D eigenvalue weighted by atomic mass is 10.3. The molecule has 0 aliphatic rings. The highest BCUT2D eigenvalue weighted by molar-refractivity contribution is 7.92. The number of rotatable bonds is 8. The summed E-state index contributed by atoms with van der Waals surface area (Å²) in [5, 5.41) is 30.4. The molecule has 0 radical (unpaired) electrons. The molecule has 0 atom stereocenters. The van der Waals surface area contributed by atoms with Gasteiger partial charge >= 0.3 is 11.5 Å². The molecule has 2 heterocycles. The Kier molecular flexibility index (Phi) is 14.2. The molecule has 0 spiro atoms. The number of nitrogens with one attached hydrogen (secondary N) is 3. The Balaban J connectivity index is 0.000000375. The van der Waals surface area contributed by atoms with E-state index in [1.54, 1.807) is 0 Å². The van der Waals surface area contributed by atoms with E-state index in [-0.39, 0.29) is 36.0 Å². The van der Waals surface area contributed by atoms with Crippen LogP contribution in [0.1, 0.15) is 7.43 Å². The summed E-state index contributed by atoms with van der Waals surface area (Å²) in [5.74, 6) is 0.259. The number of hydrogen-bond donors (Lipinski definition) is 3. The molecule has 0 bridgehead atoms. The summed E-state index contributed by atoms with van der Waals surface area (Å²) < 4.78 is 57.7. The van der Waals surface area contributed by atoms with Crippen LogP contribution in [0.25, 0.3) is 0 Å². The summed E-state index contributed by atoms with van der Waals surface area (Å²) >= 11 is 4.92. The van der Waals surface area contributed by atoms with E-state index in [1.165, 1.54) is 60.9 Å². The number of anilines is 2. The van der Waals surface area contributed by atoms with Crippen LogP contribution >= 0.6 is 11.6 Å². The molecule has 20 nitrogen and oxygen atoms in total. The second-order valence-corrected chi connectivity index (χ2v) is 11.9. The Morgan fingerprint density at radius 3 is 1.67 bits per heavy atom. The number of halogens is 1. The largest absolute Gasteiger partial charge is 0.440 e. The van der Waals surface area contributed by atoms with Crippen LogP contribution in [0.2, 0.25) is 0 Å². The lowest BCUT2D eigenvalue weighted by Gasteiger charge is -2.03. The summed E-state index contributed by atoms with van der Waals surface area (Å²) in [5.41, 5.74) is -0.646. The predicted octanol–water partition coefficient (Wildman–Crippen LogP) is 3.96. The van der Waals surface area contributed by atoms with Crippen LogP contribution in [0.4, 0.5) is 32.3 Å². The topological polar surface area (TPSA) is 278 Å². The number of hydrogen-bond acceptors (Lipinski definition) is 14. The molecular weight excluding hydrogens is 680 g/mol. The van der Waals surface area contributed by atoms with Crippen molar-refractivity contribution in [2.45, 2.75) is 7.43 Å². The average Bonchev–Trinajstić information content (AvgIpc) is 3.60. The Morgan fingerprint density at radius 2 is 1.28 bits per heavy atom. The van der Waals surface area contributed by atoms with Gasteiger partial charge in [-0.3, -0.25) is 34.8 Å². The third-order valence-electron chi connectivity index (χ3n) is 4.37. The lowest BCUT2D eigenvalue weighted by molar-refractivity contribution is -0.385. The number of nitro groups is 2. The van der Waals surface area contributed by atoms with Crippen molar-refractivity contribution < 1.29 is 45.7 Å². The molecule has 0 fully saturated rings. The molecule has 0 aliphatic heterocycles. The molecular formula is C23H25ClN8O12S2. The van der Waals surface area contributed by atoms with Gasteiger partial charge in [0.25, 0.3) is 11.4 Å². The minimum absolute atomic E-state index is 0. The fraction of sp³-hybridized carbons (Fsp3) is 0.130. The highest BCUT2D eigenvalue weighted by Gasteiger charge is 2.13. The summed E-state index contributed by atoms with van der Waals surface area (Å²) in [7, 11) is -6.64. The first-order valence-electron chi connectivity index (χ1n) is 11.5. The van der Waals surface area contributed by atoms with Gasteiger partial charge in [0.2, 0.25) is 20.0 Å². The minimum atomic E-state index is -3.48. The number of sulfonamides is 2. The summed E-state index contributed by atoms with van der Waals surface area (Å²) in [6.07, 6.45) is 6.27. The maximum Gasteiger partial charge on any atom is 0.440 e. The molecule has 0 amide bonds. The summed E-state index contributed by atoms with van der Waals surface area (Å²) in [6, 6.07) is 9.90. The maximum atomic E-state index is 11.8. The van der Waals surface area contributed by atoms with E-state index in [2.05, 4.69) is 29.5 Å². The smallest absolute Gasteiger partial charge is 0.414 e. The van der Waals surface area contributed by atoms with E-state index in [4.69, 9.17) is 16.3 Å². The van der Waals surface area contributed by atoms with Crippen molar-refractivity contribution in [2.24, 2.45) is 0 Å². The number of aromatic amines is 1. The average molecular weight is 705 g/mol. The van der Waals surface area contributed by atoms with Gasteiger partial charge in [-0.2, -0.15) is 14.9 Å². The van der Waals surface area contributed by atoms with E-state index in [0.717, 1.165) is 29.6 Å². The standard InChI is InChI=1S/C11H10N4O6S.C7H4ClNO4.C4H7N3O2S.CH4/c1-22(19,20)13-8-6-12-14(7-8)11(16)21-10-4-2-9(3-5-10)15(17)18;8-7(10)13-6-3-1-5(2-4-6)9(11)12;1-10(8,9)7-4-2-5-6-3-4;/h2-7,13H,1H3;1-4H;2-3,7H,1H3,(H,5,6);1H4. The number of nitro benzene ring substituents is 2. The Morgan fingerprint density at radius 1 is 0.826 bits per heavy atom. The quantitative estimate of drug-likeness (QED) is 0.133. The lowest BCUT2D eigenvalue weighted by Crippen LogP contribution is -2.17. The van der Waals surface area contributed by atoms with Gasteiger partial charge in [0.05, 0.1) is 52.3 Å². The van der Waals surface area contributed by atoms with Crippen molar-refractivity contribution in [2.75, 3.05) is 22.0 Å². The van der Waals surface area contributed by atoms with Crippen LogP contribution in [-0.4, -0.2) is 70.7 Å². The van der Waals surface area contributed by atoms with Crippen LogP contribution in [0, 0.1) is 20.2 Å². The zero-order valence-electron chi connectivity index (χ0n) is 22.8. The normalized spacial score (nSPS) is 10.3. The number of aromatic nitrogens is 4. The van der Waals surface area contributed by atoms with Crippen LogP contribution in [0.5, 0.6) is 11.5 Å². The Hall–Kier alpha value is -5.61. The number of carbonyl (C=O) groups is 2. The molecule has 0 unspecified atom stereocenters. The predicted molar refractivity (Wildman–Crippen MR) is 164 cm³/mol. The van der Waals surface area contributed by atoms with Crippen molar-refractivity contribution in [3.05, 3.63) is 93.5 Å². The van der Waals surface area contributed by atoms with Crippen LogP contribution in [0.15, 0.2) is 73.3 Å². The molecule has 4 aromatic rings. The van der Waals surface area contributed by atoms with Gasteiger partial charge in [-0.05, 0) is 24.3 Å². The fourth-order valence-corrected chi connectivity index (χ4v) is 3.88. The molecule has 0 saturated heterocycles. The van der Waals surface area contributed by atoms with Crippen LogP contribution in [0.3, 0.4) is 0 Å². The van der Waals surface area contributed by atoms with Gasteiger partial charge in [0, 0.05) is 42.1 Å². The van der Waals surface area contributed by atoms with Crippen LogP contribution < -0.4 is 18.9 Å². The first-order valence-corrected chi connectivity index (χ1v) is 15.7. The number of nitrogens with zero attached hydrogens (tertiary/aromatic N) is 5. The number of H-pyrrole nitrogens is 1. The summed E-state index contributed by atoms with van der Waals surface area (Å²) in [4.78, 5) is 41.6. The second-order valence-electron chi connectivity index (χ2n) is 8.12. The van der Waals surface area contributed by atoms with Gasteiger partial charge in [-0.1, -0.05) is 7.43 Å². The van der Waals surface area contributed by atoms with E-state index in [9.17, 15) is 46.7 Å². The van der Waals surface area contributed by atoms with E-state index >= 15 is 0 Å². The highest BCUT2D eigenvalue weighted by Crippen LogP contribution is 2.19. The van der Waals surface area contributed by atoms with E-state index < -0.39 is 41.4 Å². The van der Waals surface area contributed by atoms with Crippen molar-refractivity contribution in [1.29, 1.82) is 0 Å². The Labute approximate surface area is 265 Å². The van der Waals surface area contributed by atoms with Gasteiger partial charge < -0.3 is 9.47 Å². The molecule has 0 saturated carbocycles.